The molecule has 176 valence electrons. The fraction of sp³-hybridized carbons (Fsp3) is 0.385. The van der Waals surface area contributed by atoms with E-state index in [1.807, 2.05) is 26.0 Å². The van der Waals surface area contributed by atoms with E-state index in [1.54, 1.807) is 16.7 Å². The number of benzene rings is 1. The number of halogens is 1. The Morgan fingerprint density at radius 2 is 1.94 bits per heavy atom. The van der Waals surface area contributed by atoms with Crippen LogP contribution in [-0.2, 0) is 6.42 Å². The van der Waals surface area contributed by atoms with Gasteiger partial charge in [0.1, 0.15) is 11.5 Å². The number of rotatable bonds is 4. The van der Waals surface area contributed by atoms with E-state index in [0.29, 0.717) is 17.6 Å². The molecule has 1 fully saturated rings. The van der Waals surface area contributed by atoms with E-state index in [4.69, 9.17) is 0 Å². The minimum absolute atomic E-state index is 0.00885. The molecule has 1 aliphatic rings. The molecule has 0 N–H and O–H groups in total. The fourth-order valence-electron chi connectivity index (χ4n) is 5.08. The highest BCUT2D eigenvalue weighted by atomic mass is 19.1. The van der Waals surface area contributed by atoms with Crippen LogP contribution in [0.25, 0.3) is 16.6 Å². The molecule has 0 amide bonds. The van der Waals surface area contributed by atoms with Gasteiger partial charge in [-0.3, -0.25) is 14.0 Å². The second kappa shape index (κ2) is 8.76. The lowest BCUT2D eigenvalue weighted by Gasteiger charge is -2.31. The minimum Gasteiger partial charge on any atom is -0.303 e. The Morgan fingerprint density at radius 3 is 2.68 bits per heavy atom. The van der Waals surface area contributed by atoms with Gasteiger partial charge in [0, 0.05) is 48.3 Å². The standard InChI is InChI=1S/C26H28FN5O2/c1-16-5-4-11-31-25(16)28-17(2)21(26(31)34)10-14-30-12-8-19(9-13-30)24-22-7-6-20(27)15-23(22)32(29-24)18(3)33/h4-7,11,15,19H,8-10,12-14H2,1-3H3. The molecule has 1 aliphatic heterocycles. The van der Waals surface area contributed by atoms with Crippen LogP contribution in [0.15, 0.2) is 41.3 Å². The van der Waals surface area contributed by atoms with Gasteiger partial charge in [-0.1, -0.05) is 6.07 Å². The van der Waals surface area contributed by atoms with E-state index < -0.39 is 0 Å². The third kappa shape index (κ3) is 3.92. The molecule has 3 aromatic heterocycles. The van der Waals surface area contributed by atoms with Crippen molar-refractivity contribution >= 4 is 22.5 Å². The lowest BCUT2D eigenvalue weighted by atomic mass is 9.91. The smallest absolute Gasteiger partial charge is 0.261 e. The summed E-state index contributed by atoms with van der Waals surface area (Å²) in [7, 11) is 0. The molecule has 4 aromatic rings. The highest BCUT2D eigenvalue weighted by Gasteiger charge is 2.26. The largest absolute Gasteiger partial charge is 0.303 e. The number of hydrogen-bond donors (Lipinski definition) is 0. The normalized spacial score (nSPS) is 15.4. The van der Waals surface area contributed by atoms with Crippen molar-refractivity contribution in [2.24, 2.45) is 0 Å². The average Bonchev–Trinajstić information content (AvgIpc) is 3.19. The van der Waals surface area contributed by atoms with E-state index in [9.17, 15) is 14.0 Å². The van der Waals surface area contributed by atoms with Crippen LogP contribution in [0, 0.1) is 19.7 Å². The summed E-state index contributed by atoms with van der Waals surface area (Å²) in [5.41, 5.74) is 4.66. The number of pyridine rings is 1. The number of carbonyl (C=O) groups excluding carboxylic acids is 1. The third-order valence-corrected chi connectivity index (χ3v) is 6.97. The lowest BCUT2D eigenvalue weighted by Crippen LogP contribution is -2.36. The zero-order valence-electron chi connectivity index (χ0n) is 19.7. The van der Waals surface area contributed by atoms with Crippen LogP contribution in [-0.4, -0.2) is 49.6 Å². The van der Waals surface area contributed by atoms with E-state index in [1.165, 1.54) is 23.7 Å². The van der Waals surface area contributed by atoms with Crippen LogP contribution >= 0.6 is 0 Å². The summed E-state index contributed by atoms with van der Waals surface area (Å²) >= 11 is 0. The first kappa shape index (κ1) is 22.4. The third-order valence-electron chi connectivity index (χ3n) is 6.97. The topological polar surface area (TPSA) is 72.5 Å². The summed E-state index contributed by atoms with van der Waals surface area (Å²) in [5.74, 6) is -0.386. The summed E-state index contributed by atoms with van der Waals surface area (Å²) in [6.07, 6.45) is 4.23. The van der Waals surface area contributed by atoms with Crippen molar-refractivity contribution in [3.8, 4) is 0 Å². The van der Waals surface area contributed by atoms with Crippen molar-refractivity contribution in [2.75, 3.05) is 19.6 Å². The maximum atomic E-state index is 13.8. The van der Waals surface area contributed by atoms with E-state index in [0.717, 1.165) is 60.4 Å². The van der Waals surface area contributed by atoms with Crippen LogP contribution in [0.4, 0.5) is 4.39 Å². The Morgan fingerprint density at radius 1 is 1.18 bits per heavy atom. The number of nitrogens with zero attached hydrogens (tertiary/aromatic N) is 5. The highest BCUT2D eigenvalue weighted by molar-refractivity contribution is 5.91. The van der Waals surface area contributed by atoms with Crippen molar-refractivity contribution in [2.45, 2.75) is 46.0 Å². The zero-order valence-corrected chi connectivity index (χ0v) is 19.7. The van der Waals surface area contributed by atoms with Crippen molar-refractivity contribution in [3.05, 3.63) is 75.2 Å². The Kier molecular flexibility index (Phi) is 5.77. The fourth-order valence-corrected chi connectivity index (χ4v) is 5.08. The molecule has 0 aliphatic carbocycles. The monoisotopic (exact) mass is 461 g/mol. The van der Waals surface area contributed by atoms with Gasteiger partial charge in [0.15, 0.2) is 0 Å². The van der Waals surface area contributed by atoms with Gasteiger partial charge in [0.25, 0.3) is 5.56 Å². The summed E-state index contributed by atoms with van der Waals surface area (Å²) in [4.78, 5) is 32.1. The van der Waals surface area contributed by atoms with Gasteiger partial charge in [-0.05, 0) is 70.0 Å². The van der Waals surface area contributed by atoms with Gasteiger partial charge in [-0.2, -0.15) is 9.78 Å². The first-order valence-electron chi connectivity index (χ1n) is 11.7. The van der Waals surface area contributed by atoms with Gasteiger partial charge in [0.2, 0.25) is 5.91 Å². The van der Waals surface area contributed by atoms with Crippen LogP contribution in [0.3, 0.4) is 0 Å². The quantitative estimate of drug-likeness (QED) is 0.461. The van der Waals surface area contributed by atoms with Gasteiger partial charge in [-0.25, -0.2) is 9.37 Å². The van der Waals surface area contributed by atoms with E-state index >= 15 is 0 Å². The van der Waals surface area contributed by atoms with E-state index in [-0.39, 0.29) is 23.2 Å². The molecule has 0 spiro atoms. The van der Waals surface area contributed by atoms with Crippen molar-refractivity contribution in [1.82, 2.24) is 24.1 Å². The molecule has 0 saturated carbocycles. The lowest BCUT2D eigenvalue weighted by molar-refractivity contribution is 0.0925. The molecule has 7 nitrogen and oxygen atoms in total. The molecular formula is C26H28FN5O2. The molecule has 0 unspecified atom stereocenters. The minimum atomic E-state index is -0.374. The Bertz CT molecular complexity index is 1460. The second-order valence-corrected chi connectivity index (χ2v) is 9.21. The molecule has 1 aromatic carbocycles. The molecule has 4 heterocycles. The van der Waals surface area contributed by atoms with Crippen molar-refractivity contribution < 1.29 is 9.18 Å². The van der Waals surface area contributed by atoms with Crippen LogP contribution in [0.5, 0.6) is 0 Å². The number of likely N-dealkylation sites (tertiary alicyclic amines) is 1. The molecule has 0 radical (unpaired) electrons. The number of carbonyl (C=O) groups is 1. The summed E-state index contributed by atoms with van der Waals surface area (Å²) in [6.45, 7) is 7.86. The maximum absolute atomic E-state index is 13.8. The number of hydrogen-bond acceptors (Lipinski definition) is 5. The SMILES string of the molecule is CC(=O)n1nc(C2CCN(CCc3c(C)nc4c(C)cccn4c3=O)CC2)c2ccc(F)cc21. The number of piperidine rings is 1. The van der Waals surface area contributed by atoms with Crippen molar-refractivity contribution in [1.29, 1.82) is 0 Å². The Labute approximate surface area is 196 Å². The van der Waals surface area contributed by atoms with Gasteiger partial charge in [0.05, 0.1) is 11.2 Å². The number of aryl methyl sites for hydroxylation is 2. The molecule has 8 heteroatoms. The van der Waals surface area contributed by atoms with E-state index in [2.05, 4.69) is 15.0 Å². The average molecular weight is 462 g/mol. The highest BCUT2D eigenvalue weighted by Crippen LogP contribution is 2.33. The first-order valence-corrected chi connectivity index (χ1v) is 11.7. The van der Waals surface area contributed by atoms with Crippen LogP contribution in [0.1, 0.15) is 53.0 Å². The van der Waals surface area contributed by atoms with Gasteiger partial charge < -0.3 is 4.90 Å². The summed E-state index contributed by atoms with van der Waals surface area (Å²) in [6, 6.07) is 8.36. The van der Waals surface area contributed by atoms with Crippen molar-refractivity contribution in [3.63, 3.8) is 0 Å². The summed E-state index contributed by atoms with van der Waals surface area (Å²) < 4.78 is 16.7. The molecule has 0 atom stereocenters. The first-order chi connectivity index (χ1) is 16.3. The van der Waals surface area contributed by atoms with Gasteiger partial charge in [-0.15, -0.1) is 0 Å². The molecule has 1 saturated heterocycles. The van der Waals surface area contributed by atoms with Gasteiger partial charge >= 0.3 is 0 Å². The predicted octanol–water partition coefficient (Wildman–Crippen LogP) is 3.88. The molecule has 0 bridgehead atoms. The van der Waals surface area contributed by atoms with Crippen LogP contribution in [0.2, 0.25) is 0 Å². The Balaban J connectivity index is 1.30. The Hall–Kier alpha value is -3.39. The summed E-state index contributed by atoms with van der Waals surface area (Å²) in [5, 5.41) is 5.40. The zero-order chi connectivity index (χ0) is 24.0. The second-order valence-electron chi connectivity index (χ2n) is 9.21. The molecule has 5 rings (SSSR count). The number of fused-ring (bicyclic) bond motifs is 2. The van der Waals surface area contributed by atoms with Crippen LogP contribution < -0.4 is 5.56 Å². The number of aromatic nitrogens is 4. The maximum Gasteiger partial charge on any atom is 0.261 e. The predicted molar refractivity (Wildman–Crippen MR) is 129 cm³/mol. The molecular weight excluding hydrogens is 433 g/mol. The molecule has 34 heavy (non-hydrogen) atoms.